The van der Waals surface area contributed by atoms with E-state index in [2.05, 4.69) is 68.6 Å². The largest absolute Gasteiger partial charge is 0.375 e. The lowest BCUT2D eigenvalue weighted by atomic mass is 10.2. The van der Waals surface area contributed by atoms with Crippen LogP contribution < -0.4 is 10.2 Å². The maximum absolute atomic E-state index is 5.35. The van der Waals surface area contributed by atoms with Crippen LogP contribution in [0.15, 0.2) is 34.6 Å². The molecule has 6 nitrogen and oxygen atoms in total. The average molecular weight is 532 g/mol. The van der Waals surface area contributed by atoms with Crippen molar-refractivity contribution in [3.8, 4) is 0 Å². The van der Waals surface area contributed by atoms with Gasteiger partial charge in [-0.05, 0) is 38.5 Å². The molecule has 0 fully saturated rings. The lowest BCUT2D eigenvalue weighted by molar-refractivity contribution is 0.119. The van der Waals surface area contributed by atoms with Crippen LogP contribution in [0.4, 0.5) is 5.69 Å². The zero-order valence-electron chi connectivity index (χ0n) is 18.3. The molecule has 2 rings (SSSR count). The molecule has 2 aromatic rings. The highest BCUT2D eigenvalue weighted by molar-refractivity contribution is 14.0. The molecule has 29 heavy (non-hydrogen) atoms. The standard InChI is InChI=1S/C21H33N5OS.HI/c1-7-26(19-10-8-9-16(2)13-19)12-11-23-21(22-4)25(5)14-18-15-28-20(24-18)17(3)27-6;/h8-10,13,15,17H,7,11-12,14H2,1-6H3,(H,22,23);1H. The summed E-state index contributed by atoms with van der Waals surface area (Å²) < 4.78 is 5.35. The number of ether oxygens (including phenoxy) is 1. The Morgan fingerprint density at radius 3 is 2.76 bits per heavy atom. The molecule has 0 spiro atoms. The van der Waals surface area contributed by atoms with Crippen LogP contribution in [0.5, 0.6) is 0 Å². The number of methoxy groups -OCH3 is 1. The highest BCUT2D eigenvalue weighted by Gasteiger charge is 2.13. The predicted molar refractivity (Wildman–Crippen MR) is 135 cm³/mol. The Balaban J connectivity index is 0.00000420. The van der Waals surface area contributed by atoms with Crippen molar-refractivity contribution in [2.45, 2.75) is 33.4 Å². The first kappa shape index (κ1) is 25.6. The highest BCUT2D eigenvalue weighted by Crippen LogP contribution is 2.21. The first-order valence-electron chi connectivity index (χ1n) is 9.69. The second-order valence-corrected chi connectivity index (χ2v) is 7.69. The second-order valence-electron chi connectivity index (χ2n) is 6.80. The Kier molecular flexibility index (Phi) is 11.5. The van der Waals surface area contributed by atoms with Gasteiger partial charge in [0.25, 0.3) is 0 Å². The molecule has 0 radical (unpaired) electrons. The zero-order valence-corrected chi connectivity index (χ0v) is 21.5. The van der Waals surface area contributed by atoms with Crippen molar-refractivity contribution < 1.29 is 4.74 Å². The molecule has 8 heteroatoms. The Bertz CT molecular complexity index is 767. The third-order valence-electron chi connectivity index (χ3n) is 4.66. The van der Waals surface area contributed by atoms with Crippen LogP contribution >= 0.6 is 35.3 Å². The van der Waals surface area contributed by atoms with Gasteiger partial charge in [-0.15, -0.1) is 35.3 Å². The maximum Gasteiger partial charge on any atom is 0.193 e. The van der Waals surface area contributed by atoms with Gasteiger partial charge in [-0.1, -0.05) is 12.1 Å². The van der Waals surface area contributed by atoms with E-state index in [1.807, 2.05) is 21.0 Å². The van der Waals surface area contributed by atoms with Gasteiger partial charge in [0.05, 0.1) is 12.2 Å². The summed E-state index contributed by atoms with van der Waals surface area (Å²) in [6, 6.07) is 8.63. The Morgan fingerprint density at radius 2 is 2.14 bits per heavy atom. The molecule has 0 aliphatic rings. The van der Waals surface area contributed by atoms with Crippen molar-refractivity contribution in [2.24, 2.45) is 4.99 Å². The maximum atomic E-state index is 5.35. The van der Waals surface area contributed by atoms with E-state index in [1.165, 1.54) is 11.3 Å². The fourth-order valence-electron chi connectivity index (χ4n) is 2.98. The first-order chi connectivity index (χ1) is 13.5. The smallest absolute Gasteiger partial charge is 0.193 e. The van der Waals surface area contributed by atoms with Crippen molar-refractivity contribution >= 4 is 47.0 Å². The number of nitrogens with zero attached hydrogens (tertiary/aromatic N) is 4. The minimum atomic E-state index is 0. The van der Waals surface area contributed by atoms with Crippen LogP contribution in [0, 0.1) is 6.92 Å². The quantitative estimate of drug-likeness (QED) is 0.297. The van der Waals surface area contributed by atoms with Gasteiger partial charge in [-0.25, -0.2) is 4.98 Å². The van der Waals surface area contributed by atoms with Gasteiger partial charge in [-0.2, -0.15) is 0 Å². The molecule has 0 bridgehead atoms. The molecule has 0 saturated heterocycles. The van der Waals surface area contributed by atoms with E-state index in [4.69, 9.17) is 4.74 Å². The third kappa shape index (κ3) is 7.75. The number of thiazole rings is 1. The predicted octanol–water partition coefficient (Wildman–Crippen LogP) is 4.31. The Labute approximate surface area is 196 Å². The molecule has 162 valence electrons. The number of nitrogens with one attached hydrogen (secondary N) is 1. The summed E-state index contributed by atoms with van der Waals surface area (Å²) in [7, 11) is 5.56. The van der Waals surface area contributed by atoms with Gasteiger partial charge < -0.3 is 19.9 Å². The topological polar surface area (TPSA) is 53.0 Å². The molecular weight excluding hydrogens is 497 g/mol. The van der Waals surface area contributed by atoms with Gasteiger partial charge in [-0.3, -0.25) is 4.99 Å². The zero-order chi connectivity index (χ0) is 20.5. The number of anilines is 1. The highest BCUT2D eigenvalue weighted by atomic mass is 127. The summed E-state index contributed by atoms with van der Waals surface area (Å²) in [6.07, 6.45) is 0.0307. The third-order valence-corrected chi connectivity index (χ3v) is 5.71. The van der Waals surface area contributed by atoms with Gasteiger partial charge in [0.15, 0.2) is 5.96 Å². The number of aryl methyl sites for hydroxylation is 1. The molecule has 1 unspecified atom stereocenters. The summed E-state index contributed by atoms with van der Waals surface area (Å²) in [5, 5.41) is 6.56. The number of guanidine groups is 1. The number of aromatic nitrogens is 1. The fourth-order valence-corrected chi connectivity index (χ4v) is 3.82. The van der Waals surface area contributed by atoms with Crippen molar-refractivity contribution in [1.29, 1.82) is 0 Å². The van der Waals surface area contributed by atoms with E-state index in [0.29, 0.717) is 6.54 Å². The summed E-state index contributed by atoms with van der Waals surface area (Å²) in [6.45, 7) is 9.75. The number of hydrogen-bond acceptors (Lipinski definition) is 5. The van der Waals surface area contributed by atoms with Gasteiger partial charge in [0.2, 0.25) is 0 Å². The van der Waals surface area contributed by atoms with Gasteiger partial charge >= 0.3 is 0 Å². The fraction of sp³-hybridized carbons (Fsp3) is 0.524. The molecule has 0 saturated carbocycles. The summed E-state index contributed by atoms with van der Waals surface area (Å²) >= 11 is 1.64. The normalized spacial score (nSPS) is 12.3. The van der Waals surface area contributed by atoms with E-state index in [9.17, 15) is 0 Å². The second kappa shape index (κ2) is 13.0. The van der Waals surface area contributed by atoms with E-state index in [-0.39, 0.29) is 30.1 Å². The van der Waals surface area contributed by atoms with E-state index in [0.717, 1.165) is 36.3 Å². The molecule has 0 aliphatic carbocycles. The molecular formula is C21H34IN5OS. The van der Waals surface area contributed by atoms with Crippen LogP contribution in [-0.2, 0) is 11.3 Å². The molecule has 1 heterocycles. The summed E-state index contributed by atoms with van der Waals surface area (Å²) in [4.78, 5) is 13.5. The van der Waals surface area contributed by atoms with Crippen LogP contribution in [0.25, 0.3) is 0 Å². The van der Waals surface area contributed by atoms with Crippen LogP contribution in [0.2, 0.25) is 0 Å². The molecule has 0 aliphatic heterocycles. The monoisotopic (exact) mass is 531 g/mol. The minimum Gasteiger partial charge on any atom is -0.375 e. The molecule has 1 N–H and O–H groups in total. The molecule has 1 atom stereocenters. The van der Waals surface area contributed by atoms with E-state index >= 15 is 0 Å². The molecule has 0 amide bonds. The minimum absolute atomic E-state index is 0. The average Bonchev–Trinajstić information content (AvgIpc) is 3.16. The Morgan fingerprint density at radius 1 is 1.38 bits per heavy atom. The van der Waals surface area contributed by atoms with Crippen LogP contribution in [-0.4, -0.2) is 56.7 Å². The number of aliphatic imine (C=N–C) groups is 1. The molecule has 1 aromatic heterocycles. The number of hydrogen-bond donors (Lipinski definition) is 1. The van der Waals surface area contributed by atoms with Gasteiger partial charge in [0, 0.05) is 51.9 Å². The van der Waals surface area contributed by atoms with E-state index in [1.54, 1.807) is 18.4 Å². The number of likely N-dealkylation sites (N-methyl/N-ethyl adjacent to an activating group) is 1. The molecule has 1 aromatic carbocycles. The van der Waals surface area contributed by atoms with Crippen LogP contribution in [0.3, 0.4) is 0 Å². The lowest BCUT2D eigenvalue weighted by Crippen LogP contribution is -2.42. The van der Waals surface area contributed by atoms with Gasteiger partial charge in [0.1, 0.15) is 11.1 Å². The number of halogens is 1. The number of rotatable bonds is 9. The van der Waals surface area contributed by atoms with Crippen molar-refractivity contribution in [1.82, 2.24) is 15.2 Å². The summed E-state index contributed by atoms with van der Waals surface area (Å²) in [5.41, 5.74) is 3.57. The number of benzene rings is 1. The SMILES string of the molecule is CCN(CCNC(=NC)N(C)Cc1csc(C(C)OC)n1)c1cccc(C)c1.I. The first-order valence-corrected chi connectivity index (χ1v) is 10.6. The van der Waals surface area contributed by atoms with E-state index < -0.39 is 0 Å². The summed E-state index contributed by atoms with van der Waals surface area (Å²) in [5.74, 6) is 0.870. The van der Waals surface area contributed by atoms with Crippen molar-refractivity contribution in [3.63, 3.8) is 0 Å². The lowest BCUT2D eigenvalue weighted by Gasteiger charge is -2.26. The van der Waals surface area contributed by atoms with Crippen molar-refractivity contribution in [2.75, 3.05) is 45.7 Å². The van der Waals surface area contributed by atoms with Crippen molar-refractivity contribution in [3.05, 3.63) is 45.9 Å². The van der Waals surface area contributed by atoms with Crippen LogP contribution in [0.1, 0.15) is 36.2 Å². The Hall–Kier alpha value is -1.39.